The average Bonchev–Trinajstić information content (AvgIpc) is 2.91. The van der Waals surface area contributed by atoms with Crippen LogP contribution in [0.1, 0.15) is 25.0 Å². The zero-order chi connectivity index (χ0) is 26.7. The summed E-state index contributed by atoms with van der Waals surface area (Å²) in [5.74, 6) is 0. The van der Waals surface area contributed by atoms with Gasteiger partial charge in [0.2, 0.25) is 0 Å². The summed E-state index contributed by atoms with van der Waals surface area (Å²) >= 11 is 0. The summed E-state index contributed by atoms with van der Waals surface area (Å²) in [4.78, 5) is 21.8. The first-order valence-electron chi connectivity index (χ1n) is 13.3. The van der Waals surface area contributed by atoms with E-state index in [4.69, 9.17) is 0 Å². The van der Waals surface area contributed by atoms with E-state index >= 15 is 0 Å². The van der Waals surface area contributed by atoms with Gasteiger partial charge in [-0.2, -0.15) is 0 Å². The Labute approximate surface area is 239 Å². The molecular formula is C28H43FeN4O4P+3. The van der Waals surface area contributed by atoms with Crippen LogP contribution in [0.3, 0.4) is 0 Å². The molecule has 10 heteroatoms. The number of benzene rings is 2. The second-order valence-electron chi connectivity index (χ2n) is 10.4. The van der Waals surface area contributed by atoms with E-state index in [1.807, 2.05) is 70.5 Å². The number of rotatable bonds is 12. The molecule has 0 aromatic heterocycles. The molecule has 1 unspecified atom stereocenters. The summed E-state index contributed by atoms with van der Waals surface area (Å²) < 4.78 is 13.5. The molecule has 1 N–H and O–H groups in total. The number of aliphatic hydroxyl groups excluding tert-OH is 1. The smallest absolute Gasteiger partial charge is 0.851 e. The molecule has 2 aromatic carbocycles. The van der Waals surface area contributed by atoms with E-state index in [-0.39, 0.29) is 29.6 Å². The molecule has 1 aliphatic rings. The van der Waals surface area contributed by atoms with Crippen molar-refractivity contribution < 1.29 is 36.7 Å². The van der Waals surface area contributed by atoms with Crippen molar-refractivity contribution in [3.8, 4) is 0 Å². The van der Waals surface area contributed by atoms with Gasteiger partial charge in [0.1, 0.15) is 0 Å². The molecule has 1 heterocycles. The van der Waals surface area contributed by atoms with Crippen LogP contribution in [0.2, 0.25) is 0 Å². The first kappa shape index (κ1) is 33.1. The number of nitrogens with zero attached hydrogens (tertiary/aromatic N) is 4. The molecule has 2 aromatic rings. The zero-order valence-corrected chi connectivity index (χ0v) is 24.7. The number of hydrogen-bond donors (Lipinski definition) is 1. The van der Waals surface area contributed by atoms with Gasteiger partial charge in [0, 0.05) is 78.8 Å². The summed E-state index contributed by atoms with van der Waals surface area (Å²) in [6.07, 6.45) is -1.17. The van der Waals surface area contributed by atoms with Gasteiger partial charge >= 0.3 is 17.1 Å². The Morgan fingerprint density at radius 2 is 1.24 bits per heavy atom. The molecule has 38 heavy (non-hydrogen) atoms. The molecule has 8 nitrogen and oxygen atoms in total. The minimum atomic E-state index is -3.78. The number of hydrogen-bond acceptors (Lipinski definition) is 8. The minimum absolute atomic E-state index is 0. The normalized spacial score (nSPS) is 19.5. The Bertz CT molecular complexity index is 891. The minimum Gasteiger partial charge on any atom is -0.851 e. The van der Waals surface area contributed by atoms with E-state index in [2.05, 4.69) is 9.80 Å². The molecule has 1 aliphatic heterocycles. The van der Waals surface area contributed by atoms with Crippen molar-refractivity contribution in [3.05, 3.63) is 71.8 Å². The van der Waals surface area contributed by atoms with E-state index in [9.17, 15) is 19.7 Å². The van der Waals surface area contributed by atoms with Crippen LogP contribution in [0.15, 0.2) is 60.7 Å². The van der Waals surface area contributed by atoms with Crippen LogP contribution in [-0.4, -0.2) is 102 Å². The molecule has 0 amide bonds. The van der Waals surface area contributed by atoms with Gasteiger partial charge in [-0.1, -0.05) is 67.6 Å². The predicted octanol–water partition coefficient (Wildman–Crippen LogP) is 1.29. The first-order chi connectivity index (χ1) is 17.7. The van der Waals surface area contributed by atoms with E-state index < -0.39 is 19.6 Å². The van der Waals surface area contributed by atoms with Gasteiger partial charge < -0.3 is 24.6 Å². The Hall–Kier alpha value is -1.09. The second kappa shape index (κ2) is 16.9. The number of β-amino-alcohol motifs (C(OH)–C–C–N with tert-alkyl or cyclic N) is 1. The van der Waals surface area contributed by atoms with Gasteiger partial charge in [0.15, 0.2) is 0 Å². The molecule has 1 saturated heterocycles. The van der Waals surface area contributed by atoms with Crippen molar-refractivity contribution in [2.45, 2.75) is 39.1 Å². The third kappa shape index (κ3) is 12.8. The van der Waals surface area contributed by atoms with Crippen LogP contribution < -0.4 is 10.00 Å². The van der Waals surface area contributed by atoms with Gasteiger partial charge in [0.25, 0.3) is 0 Å². The Kier molecular flexibility index (Phi) is 14.7. The standard InChI is InChI=1S/C28H44N4O4P.Fe/c1-25(33)19-29-13-14-30(20-26(2)34)16-18-31(17-15-29)23-37(35,36)24-32(21-27-9-5-3-6-10-27)22-28-11-7-4-8-12-28;/h3-12,25-26,33H,13-24H2,1-2H3,(H,35,36);/q-1;+5/p-1/t25-,26-;/m0./s1. The SMILES string of the molecule is C[C@H]([O-])CN1CCN(C[C@H](C)O)CCN(CP(=O)([O-])CN(Cc2ccccc2)Cc2ccccc2)CC1.[Fe+5]. The van der Waals surface area contributed by atoms with Crippen LogP contribution in [0.4, 0.5) is 0 Å². The van der Waals surface area contributed by atoms with Gasteiger partial charge in [-0.25, -0.2) is 0 Å². The largest absolute Gasteiger partial charge is 5.00 e. The number of aliphatic hydroxyl groups is 1. The van der Waals surface area contributed by atoms with Crippen molar-refractivity contribution >= 4 is 7.37 Å². The Balaban J connectivity index is 0.00000507. The summed E-state index contributed by atoms with van der Waals surface area (Å²) in [5, 5.41) is 21.8. The quantitative estimate of drug-likeness (QED) is 0.294. The maximum Gasteiger partial charge on any atom is 5.00 e. The fourth-order valence-electron chi connectivity index (χ4n) is 4.92. The molecular weight excluding hydrogens is 543 g/mol. The Morgan fingerprint density at radius 3 is 1.66 bits per heavy atom. The van der Waals surface area contributed by atoms with Crippen molar-refractivity contribution in [1.29, 1.82) is 0 Å². The van der Waals surface area contributed by atoms with Crippen molar-refractivity contribution in [3.63, 3.8) is 0 Å². The van der Waals surface area contributed by atoms with Crippen LogP contribution in [0.5, 0.6) is 0 Å². The van der Waals surface area contributed by atoms with Crippen LogP contribution in [0, 0.1) is 0 Å². The van der Waals surface area contributed by atoms with Gasteiger partial charge in [0.05, 0.1) is 6.10 Å². The first-order valence-corrected chi connectivity index (χ1v) is 15.3. The molecule has 3 rings (SSSR count). The molecule has 1 radical (unpaired) electrons. The van der Waals surface area contributed by atoms with Crippen molar-refractivity contribution in [2.75, 3.05) is 64.9 Å². The molecule has 0 aliphatic carbocycles. The Morgan fingerprint density at radius 1 is 0.816 bits per heavy atom. The predicted molar refractivity (Wildman–Crippen MR) is 145 cm³/mol. The zero-order valence-electron chi connectivity index (χ0n) is 22.7. The molecule has 209 valence electrons. The third-order valence-corrected chi connectivity index (χ3v) is 8.23. The van der Waals surface area contributed by atoms with Gasteiger partial charge in [-0.15, -0.1) is 6.10 Å². The molecule has 3 atom stereocenters. The second-order valence-corrected chi connectivity index (χ2v) is 12.6. The summed E-state index contributed by atoms with van der Waals surface area (Å²) in [6.45, 7) is 9.55. The fraction of sp³-hybridized carbons (Fsp3) is 0.571. The summed E-state index contributed by atoms with van der Waals surface area (Å²) in [6, 6.07) is 19.9. The maximum atomic E-state index is 13.5. The van der Waals surface area contributed by atoms with Crippen LogP contribution >= 0.6 is 7.37 Å². The van der Waals surface area contributed by atoms with E-state index in [0.29, 0.717) is 52.4 Å². The van der Waals surface area contributed by atoms with Gasteiger partial charge in [-0.3, -0.25) is 14.7 Å². The van der Waals surface area contributed by atoms with E-state index in [1.165, 1.54) is 0 Å². The van der Waals surface area contributed by atoms with Crippen LogP contribution in [-0.2, 0) is 34.7 Å². The summed E-state index contributed by atoms with van der Waals surface area (Å²) in [7, 11) is -3.78. The van der Waals surface area contributed by atoms with E-state index in [0.717, 1.165) is 24.2 Å². The van der Waals surface area contributed by atoms with Crippen molar-refractivity contribution in [1.82, 2.24) is 19.6 Å². The maximum absolute atomic E-state index is 13.5. The van der Waals surface area contributed by atoms with Gasteiger partial charge in [-0.05, 0) is 24.6 Å². The molecule has 0 spiro atoms. The monoisotopic (exact) mass is 586 g/mol. The third-order valence-electron chi connectivity index (χ3n) is 6.56. The van der Waals surface area contributed by atoms with E-state index in [1.54, 1.807) is 13.8 Å². The molecule has 0 saturated carbocycles. The molecule has 1 fully saturated rings. The van der Waals surface area contributed by atoms with Crippen molar-refractivity contribution in [2.24, 2.45) is 0 Å². The van der Waals surface area contributed by atoms with Crippen LogP contribution in [0.25, 0.3) is 0 Å². The topological polar surface area (TPSA) is 96.4 Å². The average molecular weight is 586 g/mol. The molecule has 0 bridgehead atoms. The summed E-state index contributed by atoms with van der Waals surface area (Å²) in [5.41, 5.74) is 2.16. The fourth-order valence-corrected chi connectivity index (χ4v) is 6.71.